The van der Waals surface area contributed by atoms with Crippen LogP contribution in [0.2, 0.25) is 0 Å². The Labute approximate surface area is 108 Å². The van der Waals surface area contributed by atoms with Gasteiger partial charge in [-0.2, -0.15) is 0 Å². The molecule has 0 saturated carbocycles. The highest BCUT2D eigenvalue weighted by Crippen LogP contribution is 2.30. The number of carboxylic acid groups (broad SMARTS) is 1. The molecule has 3 nitrogen and oxygen atoms in total. The lowest BCUT2D eigenvalue weighted by molar-refractivity contribution is 0.0692. The first-order valence-corrected chi connectivity index (χ1v) is 6.03. The van der Waals surface area contributed by atoms with Crippen LogP contribution in [0.5, 0.6) is 0 Å². The molecular weight excluding hydrogens is 253 g/mol. The van der Waals surface area contributed by atoms with Crippen molar-refractivity contribution < 1.29 is 14.3 Å². The van der Waals surface area contributed by atoms with E-state index in [0.29, 0.717) is 15.6 Å². The Morgan fingerprint density at radius 3 is 2.67 bits per heavy atom. The van der Waals surface area contributed by atoms with Crippen LogP contribution in [0, 0.1) is 12.7 Å². The Kier molecular flexibility index (Phi) is 3.62. The molecule has 0 saturated heterocycles. The van der Waals surface area contributed by atoms with E-state index in [1.807, 2.05) is 0 Å². The van der Waals surface area contributed by atoms with E-state index in [4.69, 9.17) is 5.11 Å². The quantitative estimate of drug-likeness (QED) is 0.922. The van der Waals surface area contributed by atoms with E-state index in [0.717, 1.165) is 11.8 Å². The van der Waals surface area contributed by atoms with Gasteiger partial charge in [-0.15, -0.1) is 0 Å². The molecule has 1 aromatic heterocycles. The van der Waals surface area contributed by atoms with Gasteiger partial charge in [-0.1, -0.05) is 23.9 Å². The molecule has 5 heteroatoms. The summed E-state index contributed by atoms with van der Waals surface area (Å²) in [5.41, 5.74) is 0.771. The largest absolute Gasteiger partial charge is 0.478 e. The maximum atomic E-state index is 13.5. The van der Waals surface area contributed by atoms with E-state index < -0.39 is 5.97 Å². The van der Waals surface area contributed by atoms with Crippen molar-refractivity contribution in [2.45, 2.75) is 16.8 Å². The van der Waals surface area contributed by atoms with Crippen LogP contribution in [-0.2, 0) is 0 Å². The molecule has 0 radical (unpaired) electrons. The van der Waals surface area contributed by atoms with E-state index in [2.05, 4.69) is 4.98 Å². The van der Waals surface area contributed by atoms with Gasteiger partial charge in [0.1, 0.15) is 10.8 Å². The van der Waals surface area contributed by atoms with Gasteiger partial charge in [0.15, 0.2) is 0 Å². The lowest BCUT2D eigenvalue weighted by Crippen LogP contribution is -2.01. The monoisotopic (exact) mass is 263 g/mol. The summed E-state index contributed by atoms with van der Waals surface area (Å²) in [6.45, 7) is 1.76. The van der Waals surface area contributed by atoms with Crippen molar-refractivity contribution in [2.75, 3.05) is 0 Å². The highest BCUT2D eigenvalue weighted by molar-refractivity contribution is 7.99. The van der Waals surface area contributed by atoms with Crippen LogP contribution in [0.4, 0.5) is 4.39 Å². The molecule has 0 fully saturated rings. The molecule has 0 aliphatic rings. The fourth-order valence-corrected chi connectivity index (χ4v) is 2.38. The number of aryl methyl sites for hydroxylation is 1. The summed E-state index contributed by atoms with van der Waals surface area (Å²) in [6, 6.07) is 9.31. The van der Waals surface area contributed by atoms with Gasteiger partial charge in [0.25, 0.3) is 0 Å². The second kappa shape index (κ2) is 5.18. The first-order chi connectivity index (χ1) is 8.58. The summed E-state index contributed by atoms with van der Waals surface area (Å²) in [4.78, 5) is 15.6. The SMILES string of the molecule is Cc1ccc(C(=O)O)c(Sc2ccccc2F)n1. The maximum absolute atomic E-state index is 13.5. The van der Waals surface area contributed by atoms with Gasteiger partial charge in [-0.3, -0.25) is 0 Å². The van der Waals surface area contributed by atoms with Crippen molar-refractivity contribution in [3.05, 3.63) is 53.5 Å². The third-order valence-corrected chi connectivity index (χ3v) is 3.33. The highest BCUT2D eigenvalue weighted by atomic mass is 32.2. The summed E-state index contributed by atoms with van der Waals surface area (Å²) in [7, 11) is 0. The lowest BCUT2D eigenvalue weighted by Gasteiger charge is -2.06. The number of hydrogen-bond acceptors (Lipinski definition) is 3. The fourth-order valence-electron chi connectivity index (χ4n) is 1.41. The zero-order valence-corrected chi connectivity index (χ0v) is 10.4. The molecular formula is C13H10FNO2S. The van der Waals surface area contributed by atoms with Crippen LogP contribution in [0.25, 0.3) is 0 Å². The summed E-state index contributed by atoms with van der Waals surface area (Å²) in [6.07, 6.45) is 0. The van der Waals surface area contributed by atoms with Crippen LogP contribution < -0.4 is 0 Å². The molecule has 0 amide bonds. The second-order valence-corrected chi connectivity index (χ2v) is 4.67. The van der Waals surface area contributed by atoms with Crippen molar-refractivity contribution in [3.63, 3.8) is 0 Å². The minimum absolute atomic E-state index is 0.0776. The zero-order chi connectivity index (χ0) is 13.1. The summed E-state index contributed by atoms with van der Waals surface area (Å²) < 4.78 is 13.5. The Balaban J connectivity index is 2.42. The van der Waals surface area contributed by atoms with Gasteiger partial charge in [-0.25, -0.2) is 14.2 Å². The number of rotatable bonds is 3. The van der Waals surface area contributed by atoms with Gasteiger partial charge in [-0.05, 0) is 31.2 Å². The number of pyridine rings is 1. The third-order valence-electron chi connectivity index (χ3n) is 2.27. The fraction of sp³-hybridized carbons (Fsp3) is 0.0769. The van der Waals surface area contributed by atoms with E-state index in [1.54, 1.807) is 31.2 Å². The van der Waals surface area contributed by atoms with Crippen molar-refractivity contribution in [2.24, 2.45) is 0 Å². The molecule has 0 unspecified atom stereocenters. The molecule has 0 bridgehead atoms. The molecule has 1 aromatic carbocycles. The van der Waals surface area contributed by atoms with E-state index >= 15 is 0 Å². The Morgan fingerprint density at radius 2 is 2.00 bits per heavy atom. The van der Waals surface area contributed by atoms with Crippen LogP contribution >= 0.6 is 11.8 Å². The van der Waals surface area contributed by atoms with Gasteiger partial charge in [0.2, 0.25) is 0 Å². The Hall–Kier alpha value is -1.88. The number of aromatic nitrogens is 1. The topological polar surface area (TPSA) is 50.2 Å². The van der Waals surface area contributed by atoms with Crippen LogP contribution in [-0.4, -0.2) is 16.1 Å². The van der Waals surface area contributed by atoms with E-state index in [9.17, 15) is 9.18 Å². The predicted octanol–water partition coefficient (Wildman–Crippen LogP) is 3.38. The minimum atomic E-state index is -1.07. The number of hydrogen-bond donors (Lipinski definition) is 1. The lowest BCUT2D eigenvalue weighted by atomic mass is 10.2. The van der Waals surface area contributed by atoms with Crippen molar-refractivity contribution in [1.29, 1.82) is 0 Å². The van der Waals surface area contributed by atoms with Crippen molar-refractivity contribution >= 4 is 17.7 Å². The summed E-state index contributed by atoms with van der Waals surface area (Å²) >= 11 is 1.02. The van der Waals surface area contributed by atoms with Gasteiger partial charge >= 0.3 is 5.97 Å². The first kappa shape index (κ1) is 12.6. The number of halogens is 1. The van der Waals surface area contributed by atoms with Gasteiger partial charge < -0.3 is 5.11 Å². The molecule has 1 N–H and O–H groups in total. The molecule has 1 heterocycles. The Bertz CT molecular complexity index is 601. The van der Waals surface area contributed by atoms with Crippen LogP contribution in [0.15, 0.2) is 46.3 Å². The number of carbonyl (C=O) groups is 1. The molecule has 0 atom stereocenters. The second-order valence-electron chi connectivity index (χ2n) is 3.64. The highest BCUT2D eigenvalue weighted by Gasteiger charge is 2.14. The molecule has 0 aliphatic heterocycles. The van der Waals surface area contributed by atoms with Gasteiger partial charge in [0, 0.05) is 10.6 Å². The first-order valence-electron chi connectivity index (χ1n) is 5.21. The van der Waals surface area contributed by atoms with Crippen LogP contribution in [0.1, 0.15) is 16.1 Å². The number of benzene rings is 1. The van der Waals surface area contributed by atoms with E-state index in [-0.39, 0.29) is 11.4 Å². The molecule has 0 aliphatic carbocycles. The molecule has 2 rings (SSSR count). The number of carboxylic acids is 1. The minimum Gasteiger partial charge on any atom is -0.478 e. The van der Waals surface area contributed by atoms with Gasteiger partial charge in [0.05, 0.1) is 5.56 Å². The zero-order valence-electron chi connectivity index (χ0n) is 9.55. The average Bonchev–Trinajstić information content (AvgIpc) is 2.32. The smallest absolute Gasteiger partial charge is 0.338 e. The predicted molar refractivity (Wildman–Crippen MR) is 66.5 cm³/mol. The number of aromatic carboxylic acids is 1. The molecule has 0 spiro atoms. The van der Waals surface area contributed by atoms with E-state index in [1.165, 1.54) is 12.1 Å². The molecule has 92 valence electrons. The molecule has 18 heavy (non-hydrogen) atoms. The molecule has 2 aromatic rings. The van der Waals surface area contributed by atoms with Crippen molar-refractivity contribution in [3.8, 4) is 0 Å². The Morgan fingerprint density at radius 1 is 1.28 bits per heavy atom. The van der Waals surface area contributed by atoms with Crippen molar-refractivity contribution in [1.82, 2.24) is 4.98 Å². The summed E-state index contributed by atoms with van der Waals surface area (Å²) in [5, 5.41) is 9.36. The van der Waals surface area contributed by atoms with Crippen LogP contribution in [0.3, 0.4) is 0 Å². The maximum Gasteiger partial charge on any atom is 0.338 e. The third kappa shape index (κ3) is 2.68. The summed E-state index contributed by atoms with van der Waals surface area (Å²) in [5.74, 6) is -1.46. The normalized spacial score (nSPS) is 10.3. The standard InChI is InChI=1S/C13H10FNO2S/c1-8-6-7-9(13(16)17)12(15-8)18-11-5-3-2-4-10(11)14/h2-7H,1H3,(H,16,17). The number of nitrogens with zero attached hydrogens (tertiary/aromatic N) is 1. The average molecular weight is 263 g/mol.